The average molecular weight is 353 g/mol. The quantitative estimate of drug-likeness (QED) is 0.753. The maximum absolute atomic E-state index is 12.4. The van der Waals surface area contributed by atoms with Gasteiger partial charge in [0.1, 0.15) is 0 Å². The highest BCUT2D eigenvalue weighted by Crippen LogP contribution is 2.16. The van der Waals surface area contributed by atoms with Crippen LogP contribution in [0.2, 0.25) is 0 Å². The fourth-order valence-corrected chi connectivity index (χ4v) is 3.32. The van der Waals surface area contributed by atoms with E-state index in [0.29, 0.717) is 24.2 Å². The lowest BCUT2D eigenvalue weighted by molar-refractivity contribution is -0.136. The lowest BCUT2D eigenvalue weighted by atomic mass is 10.1. The number of anilines is 1. The van der Waals surface area contributed by atoms with Crippen LogP contribution in [0.4, 0.5) is 5.69 Å². The first kappa shape index (κ1) is 18.1. The van der Waals surface area contributed by atoms with E-state index in [9.17, 15) is 18.0 Å². The second-order valence-corrected chi connectivity index (χ2v) is 6.88. The van der Waals surface area contributed by atoms with Crippen LogP contribution in [0.15, 0.2) is 40.8 Å². The van der Waals surface area contributed by atoms with Gasteiger partial charge in [0.15, 0.2) is 0 Å². The Morgan fingerprint density at radius 3 is 2.38 bits per heavy atom. The minimum atomic E-state index is -3.73. The van der Waals surface area contributed by atoms with Gasteiger partial charge in [-0.05, 0) is 30.7 Å². The Kier molecular flexibility index (Phi) is 5.71. The maximum atomic E-state index is 12.4. The van der Waals surface area contributed by atoms with Gasteiger partial charge in [0.25, 0.3) is 10.0 Å². The van der Waals surface area contributed by atoms with Gasteiger partial charge in [0.05, 0.1) is 12.0 Å². The summed E-state index contributed by atoms with van der Waals surface area (Å²) in [5.41, 5.74) is 1.05. The van der Waals surface area contributed by atoms with Crippen molar-refractivity contribution in [3.8, 4) is 0 Å². The molecule has 1 aromatic carbocycles. The number of hydrogen-bond acceptors (Lipinski definition) is 6. The minimum Gasteiger partial charge on any atom is -0.466 e. The van der Waals surface area contributed by atoms with Gasteiger partial charge in [-0.1, -0.05) is 6.08 Å². The Morgan fingerprint density at radius 1 is 1.21 bits per heavy atom. The number of nitrogens with one attached hydrogen (secondary N) is 2. The zero-order valence-electron chi connectivity index (χ0n) is 13.4. The van der Waals surface area contributed by atoms with Crippen LogP contribution < -0.4 is 10.1 Å². The first-order valence-corrected chi connectivity index (χ1v) is 8.72. The summed E-state index contributed by atoms with van der Waals surface area (Å²) in [6.07, 6.45) is 2.04. The molecule has 0 unspecified atom stereocenters. The van der Waals surface area contributed by atoms with Gasteiger partial charge in [0.2, 0.25) is 5.91 Å². The number of hydrazine groups is 1. The van der Waals surface area contributed by atoms with Crippen LogP contribution in [0.5, 0.6) is 0 Å². The number of hydrogen-bond donors (Lipinski definition) is 2. The van der Waals surface area contributed by atoms with Crippen molar-refractivity contribution in [1.82, 2.24) is 9.84 Å². The third-order valence-electron chi connectivity index (χ3n) is 3.39. The molecule has 0 spiro atoms. The number of amides is 1. The minimum absolute atomic E-state index is 0.0827. The van der Waals surface area contributed by atoms with E-state index in [0.717, 1.165) is 0 Å². The van der Waals surface area contributed by atoms with Crippen LogP contribution in [-0.2, 0) is 24.3 Å². The lowest BCUT2D eigenvalue weighted by Gasteiger charge is -2.25. The maximum Gasteiger partial charge on any atom is 0.333 e. The average Bonchev–Trinajstić information content (AvgIpc) is 2.54. The van der Waals surface area contributed by atoms with E-state index < -0.39 is 16.0 Å². The Balaban J connectivity index is 2.03. The molecule has 0 saturated carbocycles. The fourth-order valence-electron chi connectivity index (χ4n) is 2.21. The molecule has 8 nitrogen and oxygen atoms in total. The van der Waals surface area contributed by atoms with Gasteiger partial charge in [-0.2, -0.15) is 0 Å². The molecule has 1 aliphatic rings. The van der Waals surface area contributed by atoms with Crippen molar-refractivity contribution >= 4 is 27.6 Å². The molecule has 2 rings (SSSR count). The Hall–Kier alpha value is -2.23. The van der Waals surface area contributed by atoms with E-state index in [1.807, 2.05) is 0 Å². The molecule has 2 N–H and O–H groups in total. The van der Waals surface area contributed by atoms with Crippen LogP contribution in [0, 0.1) is 0 Å². The molecule has 0 atom stereocenters. The first-order valence-electron chi connectivity index (χ1n) is 7.24. The van der Waals surface area contributed by atoms with E-state index >= 15 is 0 Å². The van der Waals surface area contributed by atoms with E-state index in [1.54, 1.807) is 6.08 Å². The summed E-state index contributed by atoms with van der Waals surface area (Å²) in [7, 11) is -2.42. The fraction of sp³-hybridized carbons (Fsp3) is 0.333. The predicted octanol–water partition coefficient (Wildman–Crippen LogP) is 0.643. The monoisotopic (exact) mass is 353 g/mol. The number of esters is 1. The summed E-state index contributed by atoms with van der Waals surface area (Å²) >= 11 is 0. The van der Waals surface area contributed by atoms with Crippen molar-refractivity contribution < 1.29 is 22.7 Å². The van der Waals surface area contributed by atoms with Gasteiger partial charge < -0.3 is 10.1 Å². The number of carbonyl (C=O) groups is 2. The molecule has 24 heavy (non-hydrogen) atoms. The summed E-state index contributed by atoms with van der Waals surface area (Å²) in [5.74, 6) is -0.628. The summed E-state index contributed by atoms with van der Waals surface area (Å²) < 4.78 is 29.3. The van der Waals surface area contributed by atoms with Crippen molar-refractivity contribution in [1.29, 1.82) is 0 Å². The van der Waals surface area contributed by atoms with Crippen LogP contribution >= 0.6 is 0 Å². The van der Waals surface area contributed by atoms with Crippen LogP contribution in [-0.4, -0.2) is 45.5 Å². The first-order chi connectivity index (χ1) is 11.3. The molecule has 0 bridgehead atoms. The highest BCUT2D eigenvalue weighted by molar-refractivity contribution is 7.89. The number of sulfonamides is 1. The number of rotatable bonds is 5. The summed E-state index contributed by atoms with van der Waals surface area (Å²) in [6.45, 7) is 2.01. The Morgan fingerprint density at radius 2 is 1.88 bits per heavy atom. The predicted molar refractivity (Wildman–Crippen MR) is 87.4 cm³/mol. The number of benzene rings is 1. The van der Waals surface area contributed by atoms with Crippen molar-refractivity contribution in [2.75, 3.05) is 25.5 Å². The molecule has 0 radical (unpaired) electrons. The third-order valence-corrected chi connectivity index (χ3v) is 4.78. The topological polar surface area (TPSA) is 105 Å². The summed E-state index contributed by atoms with van der Waals surface area (Å²) in [5, 5.41) is 4.07. The van der Waals surface area contributed by atoms with Crippen LogP contribution in [0.3, 0.4) is 0 Å². The van der Waals surface area contributed by atoms with Crippen LogP contribution in [0.25, 0.3) is 0 Å². The summed E-state index contributed by atoms with van der Waals surface area (Å²) in [6, 6.07) is 5.85. The molecular weight excluding hydrogens is 334 g/mol. The van der Waals surface area contributed by atoms with E-state index in [1.165, 1.54) is 43.3 Å². The number of nitrogens with zero attached hydrogens (tertiary/aromatic N) is 1. The second kappa shape index (κ2) is 7.56. The SMILES string of the molecule is COC(=O)C1=CCN(NS(=O)(=O)c2ccc(NC(C)=O)cc2)CC1. The molecule has 0 fully saturated rings. The van der Waals surface area contributed by atoms with Crippen molar-refractivity contribution in [2.45, 2.75) is 18.2 Å². The molecule has 1 heterocycles. The molecule has 130 valence electrons. The zero-order chi connectivity index (χ0) is 17.7. The molecule has 9 heteroatoms. The molecule has 1 aliphatic heterocycles. The summed E-state index contributed by atoms with van der Waals surface area (Å²) in [4.78, 5) is 24.9. The Bertz CT molecular complexity index is 756. The number of ether oxygens (including phenoxy) is 1. The normalized spacial score (nSPS) is 15.5. The molecule has 0 saturated heterocycles. The molecule has 1 aromatic rings. The van der Waals surface area contributed by atoms with E-state index in [4.69, 9.17) is 0 Å². The van der Waals surface area contributed by atoms with E-state index in [2.05, 4.69) is 14.9 Å². The van der Waals surface area contributed by atoms with Crippen molar-refractivity contribution in [3.63, 3.8) is 0 Å². The number of carbonyl (C=O) groups excluding carboxylic acids is 2. The zero-order valence-corrected chi connectivity index (χ0v) is 14.2. The molecular formula is C15H19N3O5S. The van der Waals surface area contributed by atoms with Crippen LogP contribution in [0.1, 0.15) is 13.3 Å². The third kappa shape index (κ3) is 4.63. The molecule has 0 aromatic heterocycles. The largest absolute Gasteiger partial charge is 0.466 e. The van der Waals surface area contributed by atoms with Gasteiger partial charge in [-0.25, -0.2) is 18.2 Å². The molecule has 0 aliphatic carbocycles. The van der Waals surface area contributed by atoms with Gasteiger partial charge in [-0.15, -0.1) is 4.83 Å². The number of methoxy groups -OCH3 is 1. The highest BCUT2D eigenvalue weighted by atomic mass is 32.2. The second-order valence-electron chi connectivity index (χ2n) is 5.22. The lowest BCUT2D eigenvalue weighted by Crippen LogP contribution is -2.44. The highest BCUT2D eigenvalue weighted by Gasteiger charge is 2.22. The van der Waals surface area contributed by atoms with Gasteiger partial charge >= 0.3 is 5.97 Å². The van der Waals surface area contributed by atoms with E-state index in [-0.39, 0.29) is 17.3 Å². The van der Waals surface area contributed by atoms with Gasteiger partial charge in [0, 0.05) is 31.3 Å². The van der Waals surface area contributed by atoms with Crippen molar-refractivity contribution in [3.05, 3.63) is 35.9 Å². The van der Waals surface area contributed by atoms with Crippen molar-refractivity contribution in [2.24, 2.45) is 0 Å². The molecule has 1 amide bonds. The Labute approximate surface area is 140 Å². The standard InChI is InChI=1S/C15H19N3O5S/c1-11(19)16-13-3-5-14(6-4-13)24(21,22)17-18-9-7-12(8-10-18)15(20)23-2/h3-7,17H,8-10H2,1-2H3,(H,16,19). The smallest absolute Gasteiger partial charge is 0.333 e. The van der Waals surface area contributed by atoms with Gasteiger partial charge in [-0.3, -0.25) is 4.79 Å².